The molecule has 2 aromatic carbocycles. The third-order valence-electron chi connectivity index (χ3n) is 4.38. The van der Waals surface area contributed by atoms with Gasteiger partial charge in [0.2, 0.25) is 5.91 Å². The highest BCUT2D eigenvalue weighted by Crippen LogP contribution is 2.24. The maximum absolute atomic E-state index is 13.4. The minimum Gasteiger partial charge on any atom is -0.465 e. The van der Waals surface area contributed by atoms with Gasteiger partial charge in [0.15, 0.2) is 0 Å². The number of aryl methyl sites for hydroxylation is 1. The van der Waals surface area contributed by atoms with E-state index < -0.39 is 12.0 Å². The number of anilines is 1. The summed E-state index contributed by atoms with van der Waals surface area (Å²) in [5.74, 6) is -0.865. The van der Waals surface area contributed by atoms with Gasteiger partial charge in [-0.15, -0.1) is 0 Å². The normalized spacial score (nSPS) is 19.2. The molecule has 26 heavy (non-hydrogen) atoms. The Kier molecular flexibility index (Phi) is 5.29. The topological polar surface area (TPSA) is 79.5 Å². The number of hydrogen-bond donors (Lipinski definition) is 3. The monoisotopic (exact) mass is 357 g/mol. The number of methoxy groups -OCH3 is 1. The van der Waals surface area contributed by atoms with E-state index >= 15 is 0 Å². The summed E-state index contributed by atoms with van der Waals surface area (Å²) >= 11 is 0. The molecule has 2 atom stereocenters. The van der Waals surface area contributed by atoms with Crippen molar-refractivity contribution < 1.29 is 18.7 Å². The number of hydrazine groups is 1. The Morgan fingerprint density at radius 3 is 2.54 bits per heavy atom. The Bertz CT molecular complexity index is 823. The number of halogens is 1. The van der Waals surface area contributed by atoms with Crippen molar-refractivity contribution in [2.45, 2.75) is 25.4 Å². The van der Waals surface area contributed by atoms with Crippen LogP contribution in [0.3, 0.4) is 0 Å². The highest BCUT2D eigenvalue weighted by molar-refractivity contribution is 5.96. The van der Waals surface area contributed by atoms with Crippen molar-refractivity contribution in [3.8, 4) is 0 Å². The van der Waals surface area contributed by atoms with Crippen molar-refractivity contribution in [1.29, 1.82) is 0 Å². The molecule has 0 radical (unpaired) electrons. The van der Waals surface area contributed by atoms with E-state index in [1.165, 1.54) is 13.2 Å². The van der Waals surface area contributed by atoms with Gasteiger partial charge in [-0.05, 0) is 54.8 Å². The molecular formula is C19H20FN3O3. The largest absolute Gasteiger partial charge is 0.465 e. The Hall–Kier alpha value is -2.77. The van der Waals surface area contributed by atoms with E-state index in [1.807, 2.05) is 0 Å². The first kappa shape index (κ1) is 18.0. The van der Waals surface area contributed by atoms with Gasteiger partial charge in [-0.2, -0.15) is 0 Å². The van der Waals surface area contributed by atoms with Crippen LogP contribution in [0.2, 0.25) is 0 Å². The van der Waals surface area contributed by atoms with E-state index in [1.54, 1.807) is 43.3 Å². The van der Waals surface area contributed by atoms with Gasteiger partial charge in [0, 0.05) is 11.7 Å². The van der Waals surface area contributed by atoms with Crippen LogP contribution in [0.5, 0.6) is 0 Å². The average molecular weight is 357 g/mol. The highest BCUT2D eigenvalue weighted by Gasteiger charge is 2.30. The molecule has 1 aliphatic rings. The van der Waals surface area contributed by atoms with Crippen molar-refractivity contribution >= 4 is 17.6 Å². The predicted octanol–water partition coefficient (Wildman–Crippen LogP) is 2.47. The number of carbonyl (C=O) groups is 2. The maximum atomic E-state index is 13.4. The fraction of sp³-hybridized carbons (Fsp3) is 0.263. The Morgan fingerprint density at radius 2 is 1.88 bits per heavy atom. The molecule has 0 bridgehead atoms. The number of hydrogen-bond acceptors (Lipinski definition) is 5. The molecular weight excluding hydrogens is 337 g/mol. The minimum atomic E-state index is -0.429. The van der Waals surface area contributed by atoms with Crippen LogP contribution in [0, 0.1) is 12.7 Å². The van der Waals surface area contributed by atoms with E-state index in [4.69, 9.17) is 0 Å². The van der Waals surface area contributed by atoms with Crippen molar-refractivity contribution in [3.05, 3.63) is 65.0 Å². The number of amides is 1. The summed E-state index contributed by atoms with van der Waals surface area (Å²) in [6.07, 6.45) is 0.539. The quantitative estimate of drug-likeness (QED) is 0.733. The molecule has 3 N–H and O–H groups in total. The minimum absolute atomic E-state index is 0.0771. The van der Waals surface area contributed by atoms with Gasteiger partial charge in [-0.25, -0.2) is 20.0 Å². The van der Waals surface area contributed by atoms with Gasteiger partial charge in [0.25, 0.3) is 0 Å². The average Bonchev–Trinajstić information content (AvgIpc) is 3.14. The number of rotatable bonds is 4. The number of esters is 1. The second-order valence-electron chi connectivity index (χ2n) is 6.20. The molecule has 1 fully saturated rings. The number of carbonyl (C=O) groups excluding carboxylic acids is 2. The van der Waals surface area contributed by atoms with Crippen molar-refractivity contribution in [3.63, 3.8) is 0 Å². The van der Waals surface area contributed by atoms with Crippen LogP contribution in [0.15, 0.2) is 42.5 Å². The fourth-order valence-electron chi connectivity index (χ4n) is 2.87. The smallest absolute Gasteiger partial charge is 0.337 e. The Morgan fingerprint density at radius 1 is 1.15 bits per heavy atom. The molecule has 7 heteroatoms. The van der Waals surface area contributed by atoms with E-state index in [2.05, 4.69) is 20.9 Å². The van der Waals surface area contributed by atoms with Gasteiger partial charge in [-0.3, -0.25) is 4.79 Å². The molecule has 0 saturated carbocycles. The summed E-state index contributed by atoms with van der Waals surface area (Å²) in [5, 5.41) is 2.81. The summed E-state index contributed by atoms with van der Waals surface area (Å²) < 4.78 is 18.0. The zero-order valence-corrected chi connectivity index (χ0v) is 14.5. The van der Waals surface area contributed by atoms with Crippen LogP contribution in [0.4, 0.5) is 10.1 Å². The molecule has 0 spiro atoms. The zero-order valence-electron chi connectivity index (χ0n) is 14.5. The molecule has 1 heterocycles. The second-order valence-corrected chi connectivity index (χ2v) is 6.20. The lowest BCUT2D eigenvalue weighted by molar-refractivity contribution is -0.117. The van der Waals surface area contributed by atoms with Gasteiger partial charge in [0.05, 0.1) is 12.7 Å². The molecule has 6 nitrogen and oxygen atoms in total. The molecule has 1 aliphatic heterocycles. The van der Waals surface area contributed by atoms with E-state index in [-0.39, 0.29) is 17.8 Å². The SMILES string of the molecule is COC(=O)c1ccc(NC(=O)C2CC(c3ccc(F)c(C)c3)NN2)cc1. The molecule has 0 aromatic heterocycles. The first-order valence-electron chi connectivity index (χ1n) is 8.24. The molecule has 2 aromatic rings. The number of benzene rings is 2. The summed E-state index contributed by atoms with van der Waals surface area (Å²) in [6, 6.07) is 10.9. The molecule has 3 rings (SSSR count). The highest BCUT2D eigenvalue weighted by atomic mass is 19.1. The van der Waals surface area contributed by atoms with Gasteiger partial charge in [0.1, 0.15) is 11.9 Å². The molecule has 2 unspecified atom stereocenters. The van der Waals surface area contributed by atoms with Crippen LogP contribution in [0.1, 0.15) is 33.9 Å². The molecule has 1 saturated heterocycles. The van der Waals surface area contributed by atoms with Crippen LogP contribution in [-0.4, -0.2) is 25.0 Å². The second kappa shape index (κ2) is 7.63. The van der Waals surface area contributed by atoms with Crippen molar-refractivity contribution in [2.75, 3.05) is 12.4 Å². The van der Waals surface area contributed by atoms with Gasteiger partial charge in [-0.1, -0.05) is 12.1 Å². The summed E-state index contributed by atoms with van der Waals surface area (Å²) in [7, 11) is 1.32. The van der Waals surface area contributed by atoms with E-state index in [0.29, 0.717) is 23.2 Å². The summed E-state index contributed by atoms with van der Waals surface area (Å²) in [4.78, 5) is 23.8. The Balaban J connectivity index is 1.60. The lowest BCUT2D eigenvalue weighted by atomic mass is 10.00. The van der Waals surface area contributed by atoms with Gasteiger partial charge >= 0.3 is 5.97 Å². The summed E-state index contributed by atoms with van der Waals surface area (Å²) in [6.45, 7) is 1.71. The third kappa shape index (κ3) is 3.89. The van der Waals surface area contributed by atoms with E-state index in [9.17, 15) is 14.0 Å². The van der Waals surface area contributed by atoms with Crippen molar-refractivity contribution in [1.82, 2.24) is 10.9 Å². The molecule has 1 amide bonds. The molecule has 0 aliphatic carbocycles. The first-order valence-corrected chi connectivity index (χ1v) is 8.24. The van der Waals surface area contributed by atoms with Crippen LogP contribution in [0.25, 0.3) is 0 Å². The lowest BCUT2D eigenvalue weighted by Gasteiger charge is -2.11. The third-order valence-corrected chi connectivity index (χ3v) is 4.38. The standard InChI is InChI=1S/C19H20FN3O3/c1-11-9-13(5-8-15(11)20)16-10-17(23-22-16)18(24)21-14-6-3-12(4-7-14)19(25)26-2/h3-9,16-17,22-23H,10H2,1-2H3,(H,21,24). The van der Waals surface area contributed by atoms with Crippen molar-refractivity contribution in [2.24, 2.45) is 0 Å². The first-order chi connectivity index (χ1) is 12.5. The fourth-order valence-corrected chi connectivity index (χ4v) is 2.87. The van der Waals surface area contributed by atoms with Crippen LogP contribution < -0.4 is 16.2 Å². The van der Waals surface area contributed by atoms with Gasteiger partial charge < -0.3 is 10.1 Å². The summed E-state index contributed by atoms with van der Waals surface area (Å²) in [5.41, 5.74) is 8.54. The van der Waals surface area contributed by atoms with E-state index in [0.717, 1.165) is 5.56 Å². The predicted molar refractivity (Wildman–Crippen MR) is 95.0 cm³/mol. The van der Waals surface area contributed by atoms with Crippen LogP contribution in [-0.2, 0) is 9.53 Å². The maximum Gasteiger partial charge on any atom is 0.337 e. The number of ether oxygens (including phenoxy) is 1. The Labute approximate surface area is 150 Å². The van der Waals surface area contributed by atoms with Crippen LogP contribution >= 0.6 is 0 Å². The number of nitrogens with one attached hydrogen (secondary N) is 3. The lowest BCUT2D eigenvalue weighted by Crippen LogP contribution is -2.39. The molecule has 136 valence electrons. The zero-order chi connectivity index (χ0) is 18.7.